The molecule has 0 saturated heterocycles. The van der Waals surface area contributed by atoms with E-state index >= 15 is 0 Å². The maximum absolute atomic E-state index is 12.3. The lowest BCUT2D eigenvalue weighted by molar-refractivity contribution is -0.129. The molecule has 0 atom stereocenters. The van der Waals surface area contributed by atoms with Gasteiger partial charge in [0.25, 0.3) is 5.91 Å². The molecule has 2 amide bonds. The number of amides is 2. The first-order valence-electron chi connectivity index (χ1n) is 7.54. The maximum atomic E-state index is 12.3. The first-order valence-corrected chi connectivity index (χ1v) is 9.30. The SMILES string of the molecule is CN(Cc1cccnc1)C(=O)Cc1csc(NC(=O)c2cccs2)n1. The Kier molecular flexibility index (Phi) is 5.52. The molecule has 0 spiro atoms. The van der Waals surface area contributed by atoms with Crippen molar-refractivity contribution in [1.82, 2.24) is 14.9 Å². The van der Waals surface area contributed by atoms with Gasteiger partial charge in [0.1, 0.15) is 0 Å². The lowest BCUT2D eigenvalue weighted by Gasteiger charge is -2.16. The molecule has 0 aromatic carbocycles. The van der Waals surface area contributed by atoms with Crippen molar-refractivity contribution in [3.05, 3.63) is 63.6 Å². The number of carbonyl (C=O) groups is 2. The van der Waals surface area contributed by atoms with Gasteiger partial charge >= 0.3 is 0 Å². The van der Waals surface area contributed by atoms with Gasteiger partial charge in [0, 0.05) is 31.4 Å². The highest BCUT2D eigenvalue weighted by Gasteiger charge is 2.14. The molecule has 0 fully saturated rings. The third-order valence-electron chi connectivity index (χ3n) is 3.42. The van der Waals surface area contributed by atoms with Crippen LogP contribution in [-0.2, 0) is 17.8 Å². The van der Waals surface area contributed by atoms with E-state index in [1.807, 2.05) is 23.6 Å². The minimum Gasteiger partial charge on any atom is -0.341 e. The Bertz CT molecular complexity index is 847. The standard InChI is InChI=1S/C17H16N4O2S2/c1-21(10-12-4-2-6-18-9-12)15(22)8-13-11-25-17(19-13)20-16(23)14-5-3-7-24-14/h2-7,9,11H,8,10H2,1H3,(H,19,20,23). The number of thiophene rings is 1. The van der Waals surface area contributed by atoms with Gasteiger partial charge in [-0.2, -0.15) is 0 Å². The summed E-state index contributed by atoms with van der Waals surface area (Å²) in [4.78, 5) is 35.0. The van der Waals surface area contributed by atoms with Gasteiger partial charge in [-0.05, 0) is 23.1 Å². The van der Waals surface area contributed by atoms with Crippen molar-refractivity contribution in [3.8, 4) is 0 Å². The lowest BCUT2D eigenvalue weighted by atomic mass is 10.2. The number of hydrogen-bond donors (Lipinski definition) is 1. The highest BCUT2D eigenvalue weighted by molar-refractivity contribution is 7.14. The van der Waals surface area contributed by atoms with E-state index in [1.54, 1.807) is 35.8 Å². The summed E-state index contributed by atoms with van der Waals surface area (Å²) >= 11 is 2.69. The summed E-state index contributed by atoms with van der Waals surface area (Å²) < 4.78 is 0. The molecule has 0 aliphatic rings. The first kappa shape index (κ1) is 17.2. The monoisotopic (exact) mass is 372 g/mol. The van der Waals surface area contributed by atoms with Crippen LogP contribution in [0.25, 0.3) is 0 Å². The van der Waals surface area contributed by atoms with Crippen molar-refractivity contribution in [2.75, 3.05) is 12.4 Å². The third-order valence-corrected chi connectivity index (χ3v) is 5.09. The van der Waals surface area contributed by atoms with E-state index in [-0.39, 0.29) is 18.2 Å². The van der Waals surface area contributed by atoms with Crippen molar-refractivity contribution in [2.45, 2.75) is 13.0 Å². The normalized spacial score (nSPS) is 10.4. The number of anilines is 1. The molecule has 0 saturated carbocycles. The van der Waals surface area contributed by atoms with Gasteiger partial charge in [-0.15, -0.1) is 22.7 Å². The number of nitrogens with one attached hydrogen (secondary N) is 1. The van der Waals surface area contributed by atoms with Crippen molar-refractivity contribution in [3.63, 3.8) is 0 Å². The van der Waals surface area contributed by atoms with Gasteiger partial charge < -0.3 is 4.90 Å². The van der Waals surface area contributed by atoms with E-state index in [4.69, 9.17) is 0 Å². The van der Waals surface area contributed by atoms with Crippen molar-refractivity contribution < 1.29 is 9.59 Å². The van der Waals surface area contributed by atoms with Crippen molar-refractivity contribution >= 4 is 39.6 Å². The number of thiazole rings is 1. The smallest absolute Gasteiger partial charge is 0.267 e. The molecular weight excluding hydrogens is 356 g/mol. The summed E-state index contributed by atoms with van der Waals surface area (Å²) in [6.07, 6.45) is 3.64. The molecule has 3 heterocycles. The van der Waals surface area contributed by atoms with Gasteiger partial charge in [-0.1, -0.05) is 12.1 Å². The van der Waals surface area contributed by atoms with Crippen LogP contribution in [-0.4, -0.2) is 33.7 Å². The number of rotatable bonds is 6. The Balaban J connectivity index is 1.55. The number of nitrogens with zero attached hydrogens (tertiary/aromatic N) is 3. The van der Waals surface area contributed by atoms with Crippen LogP contribution >= 0.6 is 22.7 Å². The van der Waals surface area contributed by atoms with Crippen LogP contribution in [0.5, 0.6) is 0 Å². The van der Waals surface area contributed by atoms with Crippen LogP contribution in [0.1, 0.15) is 20.9 Å². The van der Waals surface area contributed by atoms with Gasteiger partial charge in [-0.3, -0.25) is 19.9 Å². The number of hydrogen-bond acceptors (Lipinski definition) is 6. The zero-order valence-electron chi connectivity index (χ0n) is 13.5. The van der Waals surface area contributed by atoms with Crippen LogP contribution in [0.15, 0.2) is 47.4 Å². The third kappa shape index (κ3) is 4.71. The second kappa shape index (κ2) is 8.00. The first-order chi connectivity index (χ1) is 12.1. The molecule has 0 radical (unpaired) electrons. The van der Waals surface area contributed by atoms with Gasteiger partial charge in [0.05, 0.1) is 17.0 Å². The number of pyridine rings is 1. The molecule has 0 unspecified atom stereocenters. The van der Waals surface area contributed by atoms with Crippen LogP contribution in [0.3, 0.4) is 0 Å². The fourth-order valence-electron chi connectivity index (χ4n) is 2.16. The average molecular weight is 372 g/mol. The predicted molar refractivity (Wildman–Crippen MR) is 98.8 cm³/mol. The predicted octanol–water partition coefficient (Wildman–Crippen LogP) is 3.05. The minimum absolute atomic E-state index is 0.0368. The fraction of sp³-hybridized carbons (Fsp3) is 0.176. The van der Waals surface area contributed by atoms with Gasteiger partial charge in [-0.25, -0.2) is 4.98 Å². The number of carbonyl (C=O) groups excluding carboxylic acids is 2. The summed E-state index contributed by atoms with van der Waals surface area (Å²) in [6.45, 7) is 0.499. The van der Waals surface area contributed by atoms with Gasteiger partial charge in [0.2, 0.25) is 5.91 Å². The Morgan fingerprint density at radius 1 is 1.24 bits per heavy atom. The number of aromatic nitrogens is 2. The van der Waals surface area contributed by atoms with E-state index in [0.717, 1.165) is 5.56 Å². The molecule has 6 nitrogen and oxygen atoms in total. The highest BCUT2D eigenvalue weighted by Crippen LogP contribution is 2.19. The molecule has 25 heavy (non-hydrogen) atoms. The number of likely N-dealkylation sites (N-methyl/N-ethyl adjacent to an activating group) is 1. The lowest BCUT2D eigenvalue weighted by Crippen LogP contribution is -2.27. The zero-order valence-corrected chi connectivity index (χ0v) is 15.1. The Hall–Kier alpha value is -2.58. The van der Waals surface area contributed by atoms with Crippen LogP contribution < -0.4 is 5.32 Å². The van der Waals surface area contributed by atoms with Crippen molar-refractivity contribution in [2.24, 2.45) is 0 Å². The molecular formula is C17H16N4O2S2. The summed E-state index contributed by atoms with van der Waals surface area (Å²) in [5, 5.41) is 6.89. The largest absolute Gasteiger partial charge is 0.341 e. The van der Waals surface area contributed by atoms with E-state index in [1.165, 1.54) is 22.7 Å². The topological polar surface area (TPSA) is 75.2 Å². The Labute approximate surface area is 153 Å². The van der Waals surface area contributed by atoms with E-state index < -0.39 is 0 Å². The highest BCUT2D eigenvalue weighted by atomic mass is 32.1. The average Bonchev–Trinajstić information content (AvgIpc) is 3.28. The molecule has 1 N–H and O–H groups in total. The summed E-state index contributed by atoms with van der Waals surface area (Å²) in [6, 6.07) is 7.35. The molecule has 128 valence electrons. The maximum Gasteiger partial charge on any atom is 0.267 e. The quantitative estimate of drug-likeness (QED) is 0.722. The summed E-state index contributed by atoms with van der Waals surface area (Å²) in [7, 11) is 1.75. The van der Waals surface area contributed by atoms with E-state index in [0.29, 0.717) is 22.2 Å². The molecule has 3 aromatic rings. The molecule has 0 aliphatic carbocycles. The minimum atomic E-state index is -0.184. The Morgan fingerprint density at radius 2 is 2.12 bits per heavy atom. The second-order valence-corrected chi connectivity index (χ2v) is 7.17. The summed E-state index contributed by atoms with van der Waals surface area (Å²) in [5.74, 6) is -0.221. The van der Waals surface area contributed by atoms with Crippen LogP contribution in [0.4, 0.5) is 5.13 Å². The zero-order chi connectivity index (χ0) is 17.6. The van der Waals surface area contributed by atoms with Crippen molar-refractivity contribution in [1.29, 1.82) is 0 Å². The van der Waals surface area contributed by atoms with Crippen LogP contribution in [0.2, 0.25) is 0 Å². The second-order valence-electron chi connectivity index (χ2n) is 5.36. The molecule has 0 aliphatic heterocycles. The molecule has 0 bridgehead atoms. The Morgan fingerprint density at radius 3 is 2.84 bits per heavy atom. The van der Waals surface area contributed by atoms with E-state index in [9.17, 15) is 9.59 Å². The molecule has 8 heteroatoms. The molecule has 3 rings (SSSR count). The van der Waals surface area contributed by atoms with Gasteiger partial charge in [0.15, 0.2) is 5.13 Å². The molecule has 3 aromatic heterocycles. The van der Waals surface area contributed by atoms with E-state index in [2.05, 4.69) is 15.3 Å². The fourth-order valence-corrected chi connectivity index (χ4v) is 3.48. The van der Waals surface area contributed by atoms with Crippen LogP contribution in [0, 0.1) is 0 Å². The summed E-state index contributed by atoms with van der Waals surface area (Å²) in [5.41, 5.74) is 1.62.